The molecule has 0 saturated carbocycles. The highest BCUT2D eigenvalue weighted by molar-refractivity contribution is 5.87. The highest BCUT2D eigenvalue weighted by Crippen LogP contribution is 2.28. The predicted molar refractivity (Wildman–Crippen MR) is 163 cm³/mol. The molecule has 2 fully saturated rings. The number of unbranched alkanes of at least 4 members (excludes halogenated alkanes) is 3. The fraction of sp³-hybridized carbons (Fsp3) is 0.903. The van der Waals surface area contributed by atoms with Crippen LogP contribution < -0.4 is 10.6 Å². The predicted octanol–water partition coefficient (Wildman–Crippen LogP) is -1.13. The van der Waals surface area contributed by atoms with Gasteiger partial charge in [0.05, 0.1) is 31.5 Å². The van der Waals surface area contributed by atoms with Crippen molar-refractivity contribution in [2.75, 3.05) is 33.0 Å². The minimum Gasteiger partial charge on any atom is -0.394 e. The van der Waals surface area contributed by atoms with Gasteiger partial charge in [-0.25, -0.2) is 0 Å². The molecular formula is C31H56N2O13. The molecule has 2 amide bonds. The molecule has 0 radical (unpaired) electrons. The lowest BCUT2D eigenvalue weighted by atomic mass is 9.92. The minimum absolute atomic E-state index is 0.104. The second-order valence-electron chi connectivity index (χ2n) is 12.4. The normalized spacial score (nSPS) is 32.1. The third kappa shape index (κ3) is 13.0. The summed E-state index contributed by atoms with van der Waals surface area (Å²) in [5.41, 5.74) is 0. The van der Waals surface area contributed by atoms with E-state index in [1.54, 1.807) is 13.8 Å². The summed E-state index contributed by atoms with van der Waals surface area (Å²) in [4.78, 5) is 36.6. The molecule has 2 aliphatic rings. The summed E-state index contributed by atoms with van der Waals surface area (Å²) in [6.07, 6.45) is -3.43. The van der Waals surface area contributed by atoms with Crippen LogP contribution in [0, 0.1) is 11.8 Å². The second-order valence-corrected chi connectivity index (χ2v) is 12.4. The van der Waals surface area contributed by atoms with Gasteiger partial charge in [0.25, 0.3) is 0 Å². The SMILES string of the molecule is CC(=O)[C@@H](CCCCNC(=O)CCCCOC1OC(CO)C(O)[C@H](O)C1C)NC(=O)CCCCOC1OC(CO)C(O)C(O)C1C. The van der Waals surface area contributed by atoms with Gasteiger partial charge in [-0.1, -0.05) is 13.8 Å². The Labute approximate surface area is 270 Å². The Morgan fingerprint density at radius 1 is 0.696 bits per heavy atom. The van der Waals surface area contributed by atoms with E-state index in [0.717, 1.165) is 0 Å². The van der Waals surface area contributed by atoms with E-state index >= 15 is 0 Å². The van der Waals surface area contributed by atoms with Crippen molar-refractivity contribution in [1.29, 1.82) is 0 Å². The van der Waals surface area contributed by atoms with Crippen LogP contribution in [0.25, 0.3) is 0 Å². The molecule has 2 saturated heterocycles. The number of aliphatic hydroxyl groups excluding tert-OH is 6. The van der Waals surface area contributed by atoms with Gasteiger partial charge in [0, 0.05) is 44.4 Å². The lowest BCUT2D eigenvalue weighted by Gasteiger charge is -2.40. The fourth-order valence-corrected chi connectivity index (χ4v) is 5.43. The first-order valence-electron chi connectivity index (χ1n) is 16.5. The van der Waals surface area contributed by atoms with Crippen molar-refractivity contribution in [3.05, 3.63) is 0 Å². The van der Waals surface area contributed by atoms with E-state index in [0.29, 0.717) is 64.5 Å². The van der Waals surface area contributed by atoms with Crippen LogP contribution in [0.15, 0.2) is 0 Å². The number of rotatable bonds is 21. The quantitative estimate of drug-likeness (QED) is 0.0680. The summed E-state index contributed by atoms with van der Waals surface area (Å²) < 4.78 is 22.3. The zero-order valence-corrected chi connectivity index (χ0v) is 27.3. The van der Waals surface area contributed by atoms with Gasteiger partial charge in [0.2, 0.25) is 11.8 Å². The fourth-order valence-electron chi connectivity index (χ4n) is 5.43. The topological polar surface area (TPSA) is 234 Å². The molecule has 2 aliphatic heterocycles. The van der Waals surface area contributed by atoms with Crippen LogP contribution in [0.5, 0.6) is 0 Å². The van der Waals surface area contributed by atoms with E-state index in [1.807, 2.05) is 0 Å². The van der Waals surface area contributed by atoms with E-state index < -0.39 is 80.3 Å². The van der Waals surface area contributed by atoms with Gasteiger partial charge in [-0.05, 0) is 51.9 Å². The molecule has 15 heteroatoms. The first-order chi connectivity index (χ1) is 21.9. The van der Waals surface area contributed by atoms with Crippen molar-refractivity contribution in [3.8, 4) is 0 Å². The molecule has 0 aromatic heterocycles. The minimum atomic E-state index is -1.19. The van der Waals surface area contributed by atoms with Gasteiger partial charge in [-0.2, -0.15) is 0 Å². The molecule has 46 heavy (non-hydrogen) atoms. The van der Waals surface area contributed by atoms with Crippen LogP contribution in [0.1, 0.15) is 78.6 Å². The summed E-state index contributed by atoms with van der Waals surface area (Å²) in [6.45, 7) is 4.93. The van der Waals surface area contributed by atoms with Crippen LogP contribution in [0.2, 0.25) is 0 Å². The zero-order chi connectivity index (χ0) is 34.2. The van der Waals surface area contributed by atoms with Crippen molar-refractivity contribution in [1.82, 2.24) is 10.6 Å². The molecule has 11 atom stereocenters. The number of carbonyl (C=O) groups is 3. The summed E-state index contributed by atoms with van der Waals surface area (Å²) in [7, 11) is 0. The van der Waals surface area contributed by atoms with E-state index in [9.17, 15) is 45.0 Å². The maximum absolute atomic E-state index is 12.4. The van der Waals surface area contributed by atoms with E-state index in [4.69, 9.17) is 18.9 Å². The third-order valence-corrected chi connectivity index (χ3v) is 8.60. The molecule has 0 bridgehead atoms. The summed E-state index contributed by atoms with van der Waals surface area (Å²) >= 11 is 0. The summed E-state index contributed by atoms with van der Waals surface area (Å²) in [5.74, 6) is -1.45. The molecule has 0 aromatic rings. The van der Waals surface area contributed by atoms with Gasteiger partial charge in [0.1, 0.15) is 24.4 Å². The van der Waals surface area contributed by atoms with Crippen molar-refractivity contribution in [2.24, 2.45) is 11.8 Å². The Hall–Kier alpha value is -1.79. The number of ether oxygens (including phenoxy) is 4. The van der Waals surface area contributed by atoms with Gasteiger partial charge < -0.3 is 60.2 Å². The molecular weight excluding hydrogens is 608 g/mol. The van der Waals surface area contributed by atoms with Crippen LogP contribution >= 0.6 is 0 Å². The molecule has 15 nitrogen and oxygen atoms in total. The Morgan fingerprint density at radius 2 is 1.17 bits per heavy atom. The van der Waals surface area contributed by atoms with Crippen molar-refractivity contribution < 1.29 is 64.0 Å². The van der Waals surface area contributed by atoms with Gasteiger partial charge in [-0.15, -0.1) is 0 Å². The van der Waals surface area contributed by atoms with Crippen LogP contribution in [0.4, 0.5) is 0 Å². The average molecular weight is 665 g/mol. The Bertz CT molecular complexity index is 908. The molecule has 9 unspecified atom stereocenters. The van der Waals surface area contributed by atoms with Gasteiger partial charge >= 0.3 is 0 Å². The summed E-state index contributed by atoms with van der Waals surface area (Å²) in [5, 5.41) is 64.2. The maximum Gasteiger partial charge on any atom is 0.220 e. The van der Waals surface area contributed by atoms with Crippen LogP contribution in [-0.2, 0) is 33.3 Å². The smallest absolute Gasteiger partial charge is 0.220 e. The second kappa shape index (κ2) is 21.2. The summed E-state index contributed by atoms with van der Waals surface area (Å²) in [6, 6.07) is -0.604. The van der Waals surface area contributed by atoms with Crippen molar-refractivity contribution in [3.63, 3.8) is 0 Å². The molecule has 268 valence electrons. The average Bonchev–Trinajstić information content (AvgIpc) is 3.03. The monoisotopic (exact) mass is 664 g/mol. The zero-order valence-electron chi connectivity index (χ0n) is 27.3. The molecule has 2 rings (SSSR count). The first-order valence-corrected chi connectivity index (χ1v) is 16.5. The third-order valence-electron chi connectivity index (χ3n) is 8.60. The number of ketones is 1. The maximum atomic E-state index is 12.4. The molecule has 0 aliphatic carbocycles. The Morgan fingerprint density at radius 3 is 1.63 bits per heavy atom. The lowest BCUT2D eigenvalue weighted by Crippen LogP contribution is -2.55. The van der Waals surface area contributed by atoms with Gasteiger partial charge in [0.15, 0.2) is 18.4 Å². The van der Waals surface area contributed by atoms with Gasteiger partial charge in [-0.3, -0.25) is 14.4 Å². The Kier molecular flexibility index (Phi) is 18.6. The number of amides is 2. The Balaban J connectivity index is 1.52. The highest BCUT2D eigenvalue weighted by atomic mass is 16.7. The number of hydrogen-bond donors (Lipinski definition) is 8. The number of hydrogen-bond acceptors (Lipinski definition) is 13. The number of Topliss-reactive ketones (excluding diaryl/α,β-unsaturated/α-hetero) is 1. The van der Waals surface area contributed by atoms with Crippen molar-refractivity contribution >= 4 is 17.6 Å². The molecule has 8 N–H and O–H groups in total. The number of nitrogens with one attached hydrogen (secondary N) is 2. The van der Waals surface area contributed by atoms with Crippen molar-refractivity contribution in [2.45, 2.75) is 134 Å². The van der Waals surface area contributed by atoms with E-state index in [1.165, 1.54) is 6.92 Å². The first kappa shape index (κ1) is 40.4. The number of carbonyl (C=O) groups excluding carboxylic acids is 3. The molecule has 2 heterocycles. The molecule has 0 spiro atoms. The van der Waals surface area contributed by atoms with E-state index in [-0.39, 0.29) is 30.6 Å². The lowest BCUT2D eigenvalue weighted by molar-refractivity contribution is -0.282. The van der Waals surface area contributed by atoms with Crippen LogP contribution in [-0.4, -0.2) is 136 Å². The largest absolute Gasteiger partial charge is 0.394 e. The number of aliphatic hydroxyl groups is 6. The highest BCUT2D eigenvalue weighted by Gasteiger charge is 2.43. The molecule has 0 aromatic carbocycles. The van der Waals surface area contributed by atoms with Crippen LogP contribution in [0.3, 0.4) is 0 Å². The van der Waals surface area contributed by atoms with E-state index in [2.05, 4.69) is 10.6 Å². The standard InChI is InChI=1S/C31H56N2O13/c1-18-26(39)28(41)22(16-34)45-30(18)43-14-8-5-11-24(37)32-13-7-4-10-21(20(3)36)33-25(38)12-6-9-15-44-31-19(2)27(40)29(42)23(17-35)46-31/h18-19,21-23,26-31,34-35,39-42H,4-17H2,1-3H3,(H,32,37)(H,33,38)/t18?,19?,21-,22?,23?,26-,27?,28?,29?,30?,31?/m1/s1.